The van der Waals surface area contributed by atoms with Crippen LogP contribution in [0.4, 0.5) is 0 Å². The smallest absolute Gasteiger partial charge is 0.186 e. The van der Waals surface area contributed by atoms with Crippen molar-refractivity contribution in [3.8, 4) is 5.75 Å². The Morgan fingerprint density at radius 2 is 1.90 bits per heavy atom. The van der Waals surface area contributed by atoms with E-state index in [-0.39, 0.29) is 16.9 Å². The van der Waals surface area contributed by atoms with E-state index in [1.807, 2.05) is 13.8 Å². The number of ketones is 1. The van der Waals surface area contributed by atoms with Crippen molar-refractivity contribution in [2.45, 2.75) is 52.1 Å². The molecular formula is C18H22O3. The SMILES string of the molecule is Cc1cc2c(cc1O)[C@@]1(C)CC[C@H](O)C(C)(C)C1=CC2=O. The zero-order valence-electron chi connectivity index (χ0n) is 13.0. The Morgan fingerprint density at radius 3 is 2.57 bits per heavy atom. The third-order valence-electron chi connectivity index (χ3n) is 5.51. The number of carbonyl (C=O) groups is 1. The number of benzene rings is 1. The Balaban J connectivity index is 2.27. The number of aliphatic hydroxyl groups is 1. The van der Waals surface area contributed by atoms with Crippen LogP contribution in [-0.2, 0) is 5.41 Å². The Morgan fingerprint density at radius 1 is 1.24 bits per heavy atom. The number of allylic oxidation sites excluding steroid dienone is 1. The molecule has 0 unspecified atom stereocenters. The maximum atomic E-state index is 12.5. The van der Waals surface area contributed by atoms with Crippen LogP contribution in [0.2, 0.25) is 0 Å². The molecule has 0 aliphatic heterocycles. The second-order valence-corrected chi connectivity index (χ2v) is 7.21. The van der Waals surface area contributed by atoms with Gasteiger partial charge in [-0.15, -0.1) is 0 Å². The van der Waals surface area contributed by atoms with Crippen molar-refractivity contribution in [3.63, 3.8) is 0 Å². The first-order valence-corrected chi connectivity index (χ1v) is 7.47. The lowest BCUT2D eigenvalue weighted by atomic mass is 9.54. The highest BCUT2D eigenvalue weighted by Gasteiger charge is 2.50. The molecular weight excluding hydrogens is 264 g/mol. The van der Waals surface area contributed by atoms with Gasteiger partial charge in [0.15, 0.2) is 5.78 Å². The van der Waals surface area contributed by atoms with Crippen LogP contribution in [0.1, 0.15) is 55.1 Å². The molecule has 0 saturated heterocycles. The second-order valence-electron chi connectivity index (χ2n) is 7.21. The molecule has 0 bridgehead atoms. The van der Waals surface area contributed by atoms with E-state index >= 15 is 0 Å². The summed E-state index contributed by atoms with van der Waals surface area (Å²) < 4.78 is 0. The number of phenolic OH excluding ortho intramolecular Hbond substituents is 1. The van der Waals surface area contributed by atoms with Crippen molar-refractivity contribution in [1.82, 2.24) is 0 Å². The summed E-state index contributed by atoms with van der Waals surface area (Å²) in [5.41, 5.74) is 2.56. The normalized spacial score (nSPS) is 30.4. The van der Waals surface area contributed by atoms with Crippen LogP contribution in [0.15, 0.2) is 23.8 Å². The van der Waals surface area contributed by atoms with Crippen LogP contribution in [-0.4, -0.2) is 22.1 Å². The number of aromatic hydroxyl groups is 1. The van der Waals surface area contributed by atoms with Gasteiger partial charge in [-0.3, -0.25) is 4.79 Å². The standard InChI is InChI=1S/C18H22O3/c1-10-7-11-12(8-13(10)19)18(4)6-5-16(21)17(2,3)15(18)9-14(11)20/h7-9,16,19,21H,5-6H2,1-4H3/t16-,18+/m0/s1. The minimum atomic E-state index is -0.440. The van der Waals surface area contributed by atoms with Crippen molar-refractivity contribution in [2.24, 2.45) is 5.41 Å². The van der Waals surface area contributed by atoms with E-state index in [1.54, 1.807) is 25.1 Å². The minimum Gasteiger partial charge on any atom is -0.508 e. The fourth-order valence-electron chi connectivity index (χ4n) is 4.00. The van der Waals surface area contributed by atoms with Gasteiger partial charge < -0.3 is 10.2 Å². The molecule has 3 nitrogen and oxygen atoms in total. The van der Waals surface area contributed by atoms with E-state index in [0.29, 0.717) is 12.0 Å². The first-order chi connectivity index (χ1) is 9.68. The molecule has 0 radical (unpaired) electrons. The van der Waals surface area contributed by atoms with Crippen LogP contribution < -0.4 is 0 Å². The molecule has 1 aromatic rings. The molecule has 0 aromatic heterocycles. The summed E-state index contributed by atoms with van der Waals surface area (Å²) in [5, 5.41) is 20.4. The summed E-state index contributed by atoms with van der Waals surface area (Å²) in [7, 11) is 0. The fraction of sp³-hybridized carbons (Fsp3) is 0.500. The summed E-state index contributed by atoms with van der Waals surface area (Å²) in [6.45, 7) is 7.91. The molecule has 1 aromatic carbocycles. The van der Waals surface area contributed by atoms with E-state index in [9.17, 15) is 15.0 Å². The molecule has 0 spiro atoms. The van der Waals surface area contributed by atoms with Crippen LogP contribution >= 0.6 is 0 Å². The topological polar surface area (TPSA) is 57.5 Å². The van der Waals surface area contributed by atoms with Gasteiger partial charge in [0.25, 0.3) is 0 Å². The van der Waals surface area contributed by atoms with E-state index in [1.165, 1.54) is 0 Å². The Bertz CT molecular complexity index is 669. The van der Waals surface area contributed by atoms with E-state index in [4.69, 9.17) is 0 Å². The van der Waals surface area contributed by atoms with Crippen molar-refractivity contribution in [3.05, 3.63) is 40.5 Å². The number of rotatable bonds is 0. The van der Waals surface area contributed by atoms with Crippen LogP contribution in [0.25, 0.3) is 0 Å². The molecule has 21 heavy (non-hydrogen) atoms. The van der Waals surface area contributed by atoms with Gasteiger partial charge in [-0.2, -0.15) is 0 Å². The number of aryl methyl sites for hydroxylation is 1. The summed E-state index contributed by atoms with van der Waals surface area (Å²) >= 11 is 0. The average molecular weight is 286 g/mol. The van der Waals surface area contributed by atoms with Crippen molar-refractivity contribution in [1.29, 1.82) is 0 Å². The van der Waals surface area contributed by atoms with Gasteiger partial charge in [0.05, 0.1) is 6.10 Å². The Labute approximate surface area is 125 Å². The number of hydrogen-bond donors (Lipinski definition) is 2. The van der Waals surface area contributed by atoms with Gasteiger partial charge in [-0.25, -0.2) is 0 Å². The maximum Gasteiger partial charge on any atom is 0.186 e. The average Bonchev–Trinajstić information content (AvgIpc) is 2.41. The highest BCUT2D eigenvalue weighted by Crippen LogP contribution is 2.55. The summed E-state index contributed by atoms with van der Waals surface area (Å²) in [5.74, 6) is 0.204. The number of phenols is 1. The van der Waals surface area contributed by atoms with E-state index < -0.39 is 11.5 Å². The zero-order chi connectivity index (χ0) is 15.6. The molecule has 2 aliphatic rings. The lowest BCUT2D eigenvalue weighted by Crippen LogP contribution is -2.48. The number of carbonyl (C=O) groups excluding carboxylic acids is 1. The third kappa shape index (κ3) is 1.80. The number of hydrogen-bond acceptors (Lipinski definition) is 3. The van der Waals surface area contributed by atoms with Crippen LogP contribution in [0.3, 0.4) is 0 Å². The Hall–Kier alpha value is -1.61. The summed E-state index contributed by atoms with van der Waals surface area (Å²) in [4.78, 5) is 12.5. The zero-order valence-corrected chi connectivity index (χ0v) is 13.0. The maximum absolute atomic E-state index is 12.5. The molecule has 112 valence electrons. The predicted molar refractivity (Wildman–Crippen MR) is 81.6 cm³/mol. The molecule has 1 saturated carbocycles. The van der Waals surface area contributed by atoms with Gasteiger partial charge in [0.1, 0.15) is 5.75 Å². The first kappa shape index (κ1) is 14.3. The molecule has 2 aliphatic carbocycles. The van der Waals surface area contributed by atoms with Gasteiger partial charge >= 0.3 is 0 Å². The monoisotopic (exact) mass is 286 g/mol. The van der Waals surface area contributed by atoms with Crippen molar-refractivity contribution < 1.29 is 15.0 Å². The van der Waals surface area contributed by atoms with Gasteiger partial charge in [-0.05, 0) is 54.7 Å². The molecule has 2 atom stereocenters. The van der Waals surface area contributed by atoms with Gasteiger partial charge in [0.2, 0.25) is 0 Å². The quantitative estimate of drug-likeness (QED) is 0.769. The largest absolute Gasteiger partial charge is 0.508 e. The van der Waals surface area contributed by atoms with Crippen molar-refractivity contribution >= 4 is 5.78 Å². The Kier molecular flexibility index (Phi) is 2.87. The fourth-order valence-corrected chi connectivity index (χ4v) is 4.00. The molecule has 2 N–H and O–H groups in total. The summed E-state index contributed by atoms with van der Waals surface area (Å²) in [6.07, 6.45) is 2.75. The summed E-state index contributed by atoms with van der Waals surface area (Å²) in [6, 6.07) is 3.52. The number of fused-ring (bicyclic) bond motifs is 3. The van der Waals surface area contributed by atoms with Gasteiger partial charge in [0, 0.05) is 16.4 Å². The van der Waals surface area contributed by atoms with Gasteiger partial charge in [-0.1, -0.05) is 20.8 Å². The lowest BCUT2D eigenvalue weighted by Gasteiger charge is -2.51. The molecule has 0 amide bonds. The lowest BCUT2D eigenvalue weighted by molar-refractivity contribution is 0.0285. The van der Waals surface area contributed by atoms with Crippen LogP contribution in [0, 0.1) is 12.3 Å². The minimum absolute atomic E-state index is 0.0252. The molecule has 3 rings (SSSR count). The number of aliphatic hydroxyl groups excluding tert-OH is 1. The highest BCUT2D eigenvalue weighted by molar-refractivity contribution is 6.08. The second kappa shape index (κ2) is 4.20. The van der Waals surface area contributed by atoms with Crippen molar-refractivity contribution in [2.75, 3.05) is 0 Å². The van der Waals surface area contributed by atoms with E-state index in [2.05, 4.69) is 6.92 Å². The molecule has 1 fully saturated rings. The van der Waals surface area contributed by atoms with E-state index in [0.717, 1.165) is 23.1 Å². The molecule has 0 heterocycles. The van der Waals surface area contributed by atoms with Crippen LogP contribution in [0.5, 0.6) is 5.75 Å². The third-order valence-corrected chi connectivity index (χ3v) is 5.51. The molecule has 3 heteroatoms. The highest BCUT2D eigenvalue weighted by atomic mass is 16.3. The first-order valence-electron chi connectivity index (χ1n) is 7.47. The predicted octanol–water partition coefficient (Wildman–Crippen LogP) is 3.26.